The van der Waals surface area contributed by atoms with E-state index in [9.17, 15) is 24.3 Å². The van der Waals surface area contributed by atoms with Crippen LogP contribution in [0.5, 0.6) is 0 Å². The molecule has 0 bridgehead atoms. The summed E-state index contributed by atoms with van der Waals surface area (Å²) in [5.74, 6) is -2.51. The van der Waals surface area contributed by atoms with Crippen LogP contribution >= 0.6 is 23.4 Å². The second-order valence-corrected chi connectivity index (χ2v) is 7.45. The average Bonchev–Trinajstić information content (AvgIpc) is 2.63. The Labute approximate surface area is 163 Å². The summed E-state index contributed by atoms with van der Waals surface area (Å²) in [5.41, 5.74) is 0.493. The molecule has 2 atom stereocenters. The first-order valence-electron chi connectivity index (χ1n) is 7.89. The van der Waals surface area contributed by atoms with Gasteiger partial charge < -0.3 is 15.2 Å². The number of rotatable bonds is 5. The molecular weight excluding hydrogens is 396 g/mol. The summed E-state index contributed by atoms with van der Waals surface area (Å²) in [6, 6.07) is 5.36. The number of esters is 1. The molecule has 1 saturated heterocycles. The van der Waals surface area contributed by atoms with Gasteiger partial charge in [0, 0.05) is 28.8 Å². The molecule has 0 spiro atoms. The maximum Gasteiger partial charge on any atom is 0.352 e. The minimum absolute atomic E-state index is 0.192. The first-order valence-corrected chi connectivity index (χ1v) is 9.32. The molecule has 142 valence electrons. The number of carboxylic acid groups (broad SMARTS) is 1. The number of halogens is 1. The lowest BCUT2D eigenvalue weighted by atomic mass is 10.0. The van der Waals surface area contributed by atoms with Crippen molar-refractivity contribution >= 4 is 47.1 Å². The Kier molecular flexibility index (Phi) is 5.43. The molecule has 0 radical (unpaired) electrons. The number of β-lactam (4-membered cyclic amide) rings is 1. The largest absolute Gasteiger partial charge is 0.477 e. The van der Waals surface area contributed by atoms with Gasteiger partial charge in [-0.1, -0.05) is 11.6 Å². The Bertz CT molecular complexity index is 853. The predicted octanol–water partition coefficient (Wildman–Crippen LogP) is 1.26. The summed E-state index contributed by atoms with van der Waals surface area (Å²) < 4.78 is 4.87. The van der Waals surface area contributed by atoms with E-state index in [4.69, 9.17) is 16.3 Å². The number of aliphatic carboxylic acids is 1. The van der Waals surface area contributed by atoms with Crippen molar-refractivity contribution in [1.29, 1.82) is 0 Å². The van der Waals surface area contributed by atoms with Gasteiger partial charge in [-0.05, 0) is 24.3 Å². The molecule has 1 fully saturated rings. The standard InChI is InChI=1S/C17H15ClN2O6S/c1-8(21)26-6-10-7-27-16-12(15(23)20(16)13(10)17(24)25)19-14(22)9-2-4-11(18)5-3-9/h2-5,12,16H,6-7H2,1H3,(H,19,22)(H,24,25)/t12-,16-/m1/s1. The maximum absolute atomic E-state index is 12.5. The van der Waals surface area contributed by atoms with Gasteiger partial charge in [0.2, 0.25) is 0 Å². The zero-order chi connectivity index (χ0) is 19.7. The number of carbonyl (C=O) groups excluding carboxylic acids is 3. The summed E-state index contributed by atoms with van der Waals surface area (Å²) in [6.45, 7) is 1.03. The smallest absolute Gasteiger partial charge is 0.352 e. The zero-order valence-corrected chi connectivity index (χ0v) is 15.7. The number of amides is 2. The van der Waals surface area contributed by atoms with E-state index in [1.807, 2.05) is 0 Å². The highest BCUT2D eigenvalue weighted by atomic mass is 35.5. The molecule has 2 aliphatic rings. The number of thioether (sulfide) groups is 1. The number of ether oxygens (including phenoxy) is 1. The van der Waals surface area contributed by atoms with Crippen LogP contribution in [0.3, 0.4) is 0 Å². The van der Waals surface area contributed by atoms with Crippen molar-refractivity contribution in [2.45, 2.75) is 18.3 Å². The summed E-state index contributed by atoms with van der Waals surface area (Å²) in [5, 5.41) is 12.1. The Hall–Kier alpha value is -2.52. The minimum atomic E-state index is -1.28. The van der Waals surface area contributed by atoms with Crippen LogP contribution in [0.4, 0.5) is 0 Å². The summed E-state index contributed by atoms with van der Waals surface area (Å²) >= 11 is 7.09. The molecule has 27 heavy (non-hydrogen) atoms. The fraction of sp³-hybridized carbons (Fsp3) is 0.294. The number of nitrogens with zero attached hydrogens (tertiary/aromatic N) is 1. The molecule has 0 saturated carbocycles. The quantitative estimate of drug-likeness (QED) is 0.554. The van der Waals surface area contributed by atoms with Crippen molar-refractivity contribution in [2.24, 2.45) is 0 Å². The Morgan fingerprint density at radius 2 is 2.00 bits per heavy atom. The van der Waals surface area contributed by atoms with Crippen LogP contribution in [0.25, 0.3) is 0 Å². The van der Waals surface area contributed by atoms with Crippen LogP contribution in [0.15, 0.2) is 35.5 Å². The molecule has 8 nitrogen and oxygen atoms in total. The van der Waals surface area contributed by atoms with Crippen molar-refractivity contribution in [3.05, 3.63) is 46.1 Å². The highest BCUT2D eigenvalue weighted by Gasteiger charge is 2.54. The third-order valence-corrected chi connectivity index (χ3v) is 5.68. The number of benzene rings is 1. The number of nitrogens with one attached hydrogen (secondary N) is 1. The zero-order valence-electron chi connectivity index (χ0n) is 14.1. The van der Waals surface area contributed by atoms with Crippen LogP contribution in [0.2, 0.25) is 5.02 Å². The van der Waals surface area contributed by atoms with E-state index >= 15 is 0 Å². The molecule has 2 amide bonds. The topological polar surface area (TPSA) is 113 Å². The van der Waals surface area contributed by atoms with Gasteiger partial charge in [-0.25, -0.2) is 4.79 Å². The normalized spacial score (nSPS) is 21.3. The monoisotopic (exact) mass is 410 g/mol. The van der Waals surface area contributed by atoms with Crippen molar-refractivity contribution < 1.29 is 29.0 Å². The van der Waals surface area contributed by atoms with E-state index in [2.05, 4.69) is 5.32 Å². The van der Waals surface area contributed by atoms with E-state index in [0.717, 1.165) is 4.90 Å². The van der Waals surface area contributed by atoms with E-state index in [0.29, 0.717) is 16.2 Å². The van der Waals surface area contributed by atoms with Gasteiger partial charge >= 0.3 is 11.9 Å². The SMILES string of the molecule is CC(=O)OCC1=C(C(=O)O)N2C(=O)[C@@H](NC(=O)c3ccc(Cl)cc3)[C@H]2SC1. The lowest BCUT2D eigenvalue weighted by Gasteiger charge is -2.49. The van der Waals surface area contributed by atoms with Crippen LogP contribution in [0.1, 0.15) is 17.3 Å². The lowest BCUT2D eigenvalue weighted by Crippen LogP contribution is -2.70. The Morgan fingerprint density at radius 3 is 2.59 bits per heavy atom. The van der Waals surface area contributed by atoms with Gasteiger partial charge in [0.1, 0.15) is 23.7 Å². The van der Waals surface area contributed by atoms with Gasteiger partial charge in [0.05, 0.1) is 0 Å². The van der Waals surface area contributed by atoms with Crippen molar-refractivity contribution in [1.82, 2.24) is 10.2 Å². The number of hydrogen-bond donors (Lipinski definition) is 2. The summed E-state index contributed by atoms with van der Waals surface area (Å²) in [6.07, 6.45) is 0. The molecule has 2 N–H and O–H groups in total. The van der Waals surface area contributed by atoms with Crippen molar-refractivity contribution in [3.8, 4) is 0 Å². The van der Waals surface area contributed by atoms with Gasteiger partial charge in [-0.15, -0.1) is 11.8 Å². The molecule has 2 heterocycles. The van der Waals surface area contributed by atoms with Crippen molar-refractivity contribution in [2.75, 3.05) is 12.4 Å². The van der Waals surface area contributed by atoms with E-state index in [1.54, 1.807) is 12.1 Å². The van der Waals surface area contributed by atoms with Gasteiger partial charge in [0.25, 0.3) is 11.8 Å². The summed E-state index contributed by atoms with van der Waals surface area (Å²) in [7, 11) is 0. The second-order valence-electron chi connectivity index (χ2n) is 5.91. The van der Waals surface area contributed by atoms with Gasteiger partial charge in [0.15, 0.2) is 0 Å². The predicted molar refractivity (Wildman–Crippen MR) is 97.1 cm³/mol. The minimum Gasteiger partial charge on any atom is -0.477 e. The molecule has 1 aromatic carbocycles. The first kappa shape index (κ1) is 19.2. The Balaban J connectivity index is 1.75. The third-order valence-electron chi connectivity index (χ3n) is 4.09. The molecule has 10 heteroatoms. The van der Waals surface area contributed by atoms with Gasteiger partial charge in [-0.2, -0.15) is 0 Å². The molecular formula is C17H15ClN2O6S. The molecule has 0 unspecified atom stereocenters. The van der Waals surface area contributed by atoms with Gasteiger partial charge in [-0.3, -0.25) is 19.3 Å². The fourth-order valence-electron chi connectivity index (χ4n) is 2.81. The highest BCUT2D eigenvalue weighted by Crippen LogP contribution is 2.40. The van der Waals surface area contributed by atoms with Crippen LogP contribution < -0.4 is 5.32 Å². The molecule has 0 aromatic heterocycles. The third kappa shape index (κ3) is 3.79. The van der Waals surface area contributed by atoms with E-state index in [-0.39, 0.29) is 18.1 Å². The molecule has 1 aromatic rings. The van der Waals surface area contributed by atoms with Crippen LogP contribution in [-0.2, 0) is 19.1 Å². The fourth-order valence-corrected chi connectivity index (χ4v) is 4.26. The van der Waals surface area contributed by atoms with E-state index in [1.165, 1.54) is 30.8 Å². The van der Waals surface area contributed by atoms with Crippen molar-refractivity contribution in [3.63, 3.8) is 0 Å². The highest BCUT2D eigenvalue weighted by molar-refractivity contribution is 8.00. The van der Waals surface area contributed by atoms with Crippen LogP contribution in [-0.4, -0.2) is 57.5 Å². The number of fused-ring (bicyclic) bond motifs is 1. The number of carbonyl (C=O) groups is 4. The number of hydrogen-bond acceptors (Lipinski definition) is 6. The van der Waals surface area contributed by atoms with E-state index < -0.39 is 35.2 Å². The number of carboxylic acids is 1. The molecule has 0 aliphatic carbocycles. The maximum atomic E-state index is 12.5. The summed E-state index contributed by atoms with van der Waals surface area (Å²) in [4.78, 5) is 48.5. The Morgan fingerprint density at radius 1 is 1.33 bits per heavy atom. The lowest BCUT2D eigenvalue weighted by molar-refractivity contribution is -0.149. The molecule has 2 aliphatic heterocycles. The molecule has 3 rings (SSSR count). The second kappa shape index (κ2) is 7.61. The average molecular weight is 411 g/mol. The van der Waals surface area contributed by atoms with Crippen LogP contribution in [0, 0.1) is 0 Å². The first-order chi connectivity index (χ1) is 12.8.